The van der Waals surface area contributed by atoms with Gasteiger partial charge in [-0.15, -0.1) is 0 Å². The molecule has 2 aromatic carbocycles. The van der Waals surface area contributed by atoms with E-state index < -0.39 is 30.5 Å². The van der Waals surface area contributed by atoms with Gasteiger partial charge >= 0.3 is 0 Å². The number of hydrogen-bond acceptors (Lipinski definition) is 6. The second-order valence-corrected chi connectivity index (χ2v) is 7.22. The predicted molar refractivity (Wildman–Crippen MR) is 110 cm³/mol. The standard InChI is InChI=1S/C21H21N5O4/c1-11(23-20(29)16(22)10-27)19(28)24-13-6-7-17-12(8-13)9-26-18(25-17)14-4-2-3-5-15(14)21(26)30/h2-8,11,16,27H,9-10,22H2,1H3,(H,23,29)(H,24,28)/t11-,16+/m1/s1. The zero-order valence-corrected chi connectivity index (χ0v) is 16.3. The second-order valence-electron chi connectivity index (χ2n) is 7.22. The van der Waals surface area contributed by atoms with Crippen LogP contribution in [0.25, 0.3) is 0 Å². The molecule has 0 radical (unpaired) electrons. The summed E-state index contributed by atoms with van der Waals surface area (Å²) >= 11 is 0. The fraction of sp³-hybridized carbons (Fsp3) is 0.238. The molecule has 30 heavy (non-hydrogen) atoms. The van der Waals surface area contributed by atoms with E-state index in [4.69, 9.17) is 10.8 Å². The monoisotopic (exact) mass is 407 g/mol. The summed E-state index contributed by atoms with van der Waals surface area (Å²) in [5.74, 6) is -0.505. The largest absolute Gasteiger partial charge is 0.394 e. The molecule has 0 fully saturated rings. The van der Waals surface area contributed by atoms with Crippen molar-refractivity contribution in [2.24, 2.45) is 10.7 Å². The van der Waals surface area contributed by atoms with Gasteiger partial charge in [-0.25, -0.2) is 4.99 Å². The van der Waals surface area contributed by atoms with Gasteiger partial charge < -0.3 is 21.5 Å². The average Bonchev–Trinajstić information content (AvgIpc) is 3.03. The van der Waals surface area contributed by atoms with Crippen LogP contribution in [-0.4, -0.2) is 52.3 Å². The van der Waals surface area contributed by atoms with Gasteiger partial charge in [0.2, 0.25) is 11.8 Å². The Labute approximate surface area is 172 Å². The summed E-state index contributed by atoms with van der Waals surface area (Å²) in [6, 6.07) is 10.7. The highest BCUT2D eigenvalue weighted by Gasteiger charge is 2.36. The maximum absolute atomic E-state index is 12.7. The smallest absolute Gasteiger partial charge is 0.260 e. The number of carbonyl (C=O) groups excluding carboxylic acids is 3. The Morgan fingerprint density at radius 2 is 1.93 bits per heavy atom. The fourth-order valence-electron chi connectivity index (χ4n) is 3.42. The topological polar surface area (TPSA) is 137 Å². The van der Waals surface area contributed by atoms with Crippen molar-refractivity contribution in [2.75, 3.05) is 11.9 Å². The van der Waals surface area contributed by atoms with Gasteiger partial charge in [-0.3, -0.25) is 19.3 Å². The van der Waals surface area contributed by atoms with Gasteiger partial charge in [0.1, 0.15) is 17.9 Å². The van der Waals surface area contributed by atoms with Gasteiger partial charge in [0.05, 0.1) is 24.4 Å². The molecule has 0 bridgehead atoms. The van der Waals surface area contributed by atoms with E-state index in [0.717, 1.165) is 16.8 Å². The van der Waals surface area contributed by atoms with Crippen molar-refractivity contribution >= 4 is 34.9 Å². The fourth-order valence-corrected chi connectivity index (χ4v) is 3.42. The van der Waals surface area contributed by atoms with E-state index in [9.17, 15) is 14.4 Å². The number of aliphatic hydroxyl groups excluding tert-OH is 1. The molecule has 9 nitrogen and oxygen atoms in total. The Kier molecular flexibility index (Phi) is 5.06. The molecule has 2 aliphatic rings. The van der Waals surface area contributed by atoms with Crippen LogP contribution in [0.2, 0.25) is 0 Å². The quantitative estimate of drug-likeness (QED) is 0.572. The summed E-state index contributed by atoms with van der Waals surface area (Å²) < 4.78 is 0. The van der Waals surface area contributed by atoms with Crippen molar-refractivity contribution in [1.82, 2.24) is 10.2 Å². The van der Waals surface area contributed by atoms with Crippen molar-refractivity contribution in [3.63, 3.8) is 0 Å². The molecule has 0 aromatic heterocycles. The number of benzene rings is 2. The van der Waals surface area contributed by atoms with E-state index in [0.29, 0.717) is 23.6 Å². The molecule has 2 aliphatic heterocycles. The average molecular weight is 407 g/mol. The van der Waals surface area contributed by atoms with Crippen LogP contribution in [0.15, 0.2) is 47.5 Å². The van der Waals surface area contributed by atoms with E-state index in [1.807, 2.05) is 18.2 Å². The molecule has 2 heterocycles. The molecule has 0 unspecified atom stereocenters. The van der Waals surface area contributed by atoms with Crippen molar-refractivity contribution in [2.45, 2.75) is 25.6 Å². The number of anilines is 1. The molecule has 9 heteroatoms. The van der Waals surface area contributed by atoms with Crippen molar-refractivity contribution in [3.8, 4) is 0 Å². The first-order valence-electron chi connectivity index (χ1n) is 9.49. The molecule has 0 spiro atoms. The van der Waals surface area contributed by atoms with Gasteiger partial charge in [0, 0.05) is 11.3 Å². The first-order chi connectivity index (χ1) is 14.4. The maximum atomic E-state index is 12.7. The number of nitrogens with one attached hydrogen (secondary N) is 2. The first kappa shape index (κ1) is 19.7. The minimum absolute atomic E-state index is 0.0963. The number of rotatable bonds is 5. The summed E-state index contributed by atoms with van der Waals surface area (Å²) in [5, 5.41) is 14.1. The predicted octanol–water partition coefficient (Wildman–Crippen LogP) is 0.497. The van der Waals surface area contributed by atoms with Crippen LogP contribution >= 0.6 is 0 Å². The molecule has 154 valence electrons. The number of amidine groups is 1. The van der Waals surface area contributed by atoms with Crippen LogP contribution in [-0.2, 0) is 16.1 Å². The number of hydrogen-bond donors (Lipinski definition) is 4. The summed E-state index contributed by atoms with van der Waals surface area (Å²) in [6.45, 7) is 1.36. The number of nitrogens with zero attached hydrogens (tertiary/aromatic N) is 2. The molecular weight excluding hydrogens is 386 g/mol. The van der Waals surface area contributed by atoms with Crippen LogP contribution in [0, 0.1) is 0 Å². The zero-order valence-electron chi connectivity index (χ0n) is 16.3. The van der Waals surface area contributed by atoms with Crippen LogP contribution in [0.4, 0.5) is 11.4 Å². The normalized spacial score (nSPS) is 16.0. The van der Waals surface area contributed by atoms with Crippen molar-refractivity contribution < 1.29 is 19.5 Å². The highest BCUT2D eigenvalue weighted by molar-refractivity contribution is 6.24. The van der Waals surface area contributed by atoms with Gasteiger partial charge in [-0.1, -0.05) is 18.2 Å². The summed E-state index contributed by atoms with van der Waals surface area (Å²) in [7, 11) is 0. The lowest BCUT2D eigenvalue weighted by Crippen LogP contribution is -2.49. The highest BCUT2D eigenvalue weighted by atomic mass is 16.3. The molecule has 0 aliphatic carbocycles. The van der Waals surface area contributed by atoms with Crippen LogP contribution in [0.5, 0.6) is 0 Å². The van der Waals surface area contributed by atoms with Gasteiger partial charge in [0.15, 0.2) is 0 Å². The number of fused-ring (bicyclic) bond motifs is 4. The van der Waals surface area contributed by atoms with Crippen molar-refractivity contribution in [1.29, 1.82) is 0 Å². The van der Waals surface area contributed by atoms with Crippen LogP contribution < -0.4 is 16.4 Å². The third-order valence-electron chi connectivity index (χ3n) is 5.09. The molecule has 0 saturated heterocycles. The van der Waals surface area contributed by atoms with E-state index in [2.05, 4.69) is 15.6 Å². The molecule has 5 N–H and O–H groups in total. The Hall–Kier alpha value is -3.56. The highest BCUT2D eigenvalue weighted by Crippen LogP contribution is 2.35. The maximum Gasteiger partial charge on any atom is 0.260 e. The molecule has 3 amide bonds. The van der Waals surface area contributed by atoms with Crippen LogP contribution in [0.3, 0.4) is 0 Å². The third-order valence-corrected chi connectivity index (χ3v) is 5.09. The lowest BCUT2D eigenvalue weighted by Gasteiger charge is -2.24. The number of amides is 3. The Morgan fingerprint density at radius 3 is 2.67 bits per heavy atom. The lowest BCUT2D eigenvalue weighted by molar-refractivity contribution is -0.127. The Balaban J connectivity index is 1.50. The van der Waals surface area contributed by atoms with E-state index >= 15 is 0 Å². The summed E-state index contributed by atoms with van der Waals surface area (Å²) in [5.41, 5.74) is 8.94. The van der Waals surface area contributed by atoms with Crippen molar-refractivity contribution in [3.05, 3.63) is 59.2 Å². The number of carbonyl (C=O) groups is 3. The summed E-state index contributed by atoms with van der Waals surface area (Å²) in [4.78, 5) is 43.1. The second kappa shape index (κ2) is 7.69. The van der Waals surface area contributed by atoms with E-state index in [1.165, 1.54) is 6.92 Å². The lowest BCUT2D eigenvalue weighted by atomic mass is 10.1. The van der Waals surface area contributed by atoms with Gasteiger partial charge in [-0.2, -0.15) is 0 Å². The minimum atomic E-state index is -1.09. The Bertz CT molecular complexity index is 1080. The number of aliphatic hydroxyl groups is 1. The van der Waals surface area contributed by atoms with E-state index in [1.54, 1.807) is 29.2 Å². The van der Waals surface area contributed by atoms with Gasteiger partial charge in [-0.05, 0) is 36.8 Å². The van der Waals surface area contributed by atoms with Gasteiger partial charge in [0.25, 0.3) is 5.91 Å². The van der Waals surface area contributed by atoms with Crippen LogP contribution in [0.1, 0.15) is 28.4 Å². The number of aliphatic imine (C=N–C) groups is 1. The number of nitrogens with two attached hydrogens (primary N) is 1. The molecule has 0 saturated carbocycles. The zero-order chi connectivity index (χ0) is 21.4. The first-order valence-corrected chi connectivity index (χ1v) is 9.49. The summed E-state index contributed by atoms with van der Waals surface area (Å²) in [6.07, 6.45) is 0. The SMILES string of the molecule is C[C@@H](NC(=O)[C@@H](N)CO)C(=O)Nc1ccc2c(c1)CN1C(=O)c3ccccc3C1=N2. The molecule has 4 rings (SSSR count). The minimum Gasteiger partial charge on any atom is -0.394 e. The van der Waals surface area contributed by atoms with E-state index in [-0.39, 0.29) is 5.91 Å². The Morgan fingerprint density at radius 1 is 1.20 bits per heavy atom. The molecule has 2 aromatic rings. The third kappa shape index (κ3) is 3.44. The molecular formula is C21H21N5O4. The molecule has 2 atom stereocenters.